The number of hydrogen-bond acceptors (Lipinski definition) is 3. The molecule has 0 aromatic heterocycles. The molecule has 2 aromatic rings. The minimum Gasteiger partial charge on any atom is -0.494 e. The number of rotatable bonds is 6. The van der Waals surface area contributed by atoms with Crippen molar-refractivity contribution < 1.29 is 9.53 Å². The number of para-hydroxylation sites is 2. The number of anilines is 1. The molecule has 1 aliphatic rings. The minimum atomic E-state index is 0.0959. The first kappa shape index (κ1) is 17.5. The first-order valence-electron chi connectivity index (χ1n) is 9.05. The fourth-order valence-electron chi connectivity index (χ4n) is 3.29. The SMILES string of the molecule is CCOc1ccccc1CN1CCC(C(=O)Nc2ccccc2)CC1. The molecular weight excluding hydrogens is 312 g/mol. The Labute approximate surface area is 149 Å². The molecule has 1 heterocycles. The van der Waals surface area contributed by atoms with Crippen LogP contribution in [-0.2, 0) is 11.3 Å². The Kier molecular flexibility index (Phi) is 6.07. The van der Waals surface area contributed by atoms with Crippen molar-refractivity contribution in [1.29, 1.82) is 0 Å². The number of piperidine rings is 1. The highest BCUT2D eigenvalue weighted by molar-refractivity contribution is 5.92. The maximum atomic E-state index is 12.4. The third-order valence-electron chi connectivity index (χ3n) is 4.67. The molecule has 1 amide bonds. The molecule has 0 atom stereocenters. The van der Waals surface area contributed by atoms with Gasteiger partial charge in [0.25, 0.3) is 0 Å². The van der Waals surface area contributed by atoms with E-state index >= 15 is 0 Å². The summed E-state index contributed by atoms with van der Waals surface area (Å²) in [6.45, 7) is 5.44. The third kappa shape index (κ3) is 4.83. The summed E-state index contributed by atoms with van der Waals surface area (Å²) in [5.41, 5.74) is 2.09. The van der Waals surface area contributed by atoms with E-state index in [9.17, 15) is 4.79 Å². The molecule has 0 spiro atoms. The lowest BCUT2D eigenvalue weighted by Gasteiger charge is -2.31. The van der Waals surface area contributed by atoms with Crippen molar-refractivity contribution in [1.82, 2.24) is 4.90 Å². The molecule has 0 bridgehead atoms. The van der Waals surface area contributed by atoms with Crippen molar-refractivity contribution in [3.63, 3.8) is 0 Å². The highest BCUT2D eigenvalue weighted by atomic mass is 16.5. The van der Waals surface area contributed by atoms with Crippen molar-refractivity contribution in [2.24, 2.45) is 5.92 Å². The van der Waals surface area contributed by atoms with Crippen LogP contribution in [0.25, 0.3) is 0 Å². The molecule has 1 saturated heterocycles. The predicted octanol–water partition coefficient (Wildman–Crippen LogP) is 3.94. The quantitative estimate of drug-likeness (QED) is 0.867. The molecule has 4 heteroatoms. The van der Waals surface area contributed by atoms with Gasteiger partial charge in [0.2, 0.25) is 5.91 Å². The molecular formula is C21H26N2O2. The van der Waals surface area contributed by atoms with Gasteiger partial charge in [-0.25, -0.2) is 0 Å². The summed E-state index contributed by atoms with van der Waals surface area (Å²) in [5, 5.41) is 3.02. The minimum absolute atomic E-state index is 0.0959. The molecule has 0 unspecified atom stereocenters. The number of carbonyl (C=O) groups is 1. The van der Waals surface area contributed by atoms with Crippen LogP contribution >= 0.6 is 0 Å². The van der Waals surface area contributed by atoms with Crippen molar-refractivity contribution in [3.8, 4) is 5.75 Å². The molecule has 0 saturated carbocycles. The number of nitrogens with zero attached hydrogens (tertiary/aromatic N) is 1. The predicted molar refractivity (Wildman–Crippen MR) is 101 cm³/mol. The Balaban J connectivity index is 1.51. The molecule has 25 heavy (non-hydrogen) atoms. The second-order valence-electron chi connectivity index (χ2n) is 6.45. The lowest BCUT2D eigenvalue weighted by Crippen LogP contribution is -2.37. The van der Waals surface area contributed by atoms with Crippen LogP contribution in [0.3, 0.4) is 0 Å². The zero-order chi connectivity index (χ0) is 17.5. The molecule has 1 N–H and O–H groups in total. The van der Waals surface area contributed by atoms with Crippen molar-refractivity contribution in [2.75, 3.05) is 25.0 Å². The first-order chi connectivity index (χ1) is 12.3. The van der Waals surface area contributed by atoms with Gasteiger partial charge in [-0.3, -0.25) is 9.69 Å². The van der Waals surface area contributed by atoms with Gasteiger partial charge < -0.3 is 10.1 Å². The number of amides is 1. The van der Waals surface area contributed by atoms with Crippen LogP contribution in [0.4, 0.5) is 5.69 Å². The van der Waals surface area contributed by atoms with E-state index in [1.165, 1.54) is 5.56 Å². The molecule has 1 fully saturated rings. The number of benzene rings is 2. The zero-order valence-corrected chi connectivity index (χ0v) is 14.8. The van der Waals surface area contributed by atoms with E-state index in [-0.39, 0.29) is 11.8 Å². The third-order valence-corrected chi connectivity index (χ3v) is 4.67. The normalized spacial score (nSPS) is 15.7. The molecule has 2 aromatic carbocycles. The van der Waals surface area contributed by atoms with E-state index < -0.39 is 0 Å². The van der Waals surface area contributed by atoms with E-state index in [1.54, 1.807) is 0 Å². The number of nitrogens with one attached hydrogen (secondary N) is 1. The molecule has 4 nitrogen and oxygen atoms in total. The molecule has 0 aliphatic carbocycles. The van der Waals surface area contributed by atoms with Crippen LogP contribution in [0.5, 0.6) is 5.75 Å². The summed E-state index contributed by atoms with van der Waals surface area (Å²) in [5.74, 6) is 1.20. The van der Waals surface area contributed by atoms with E-state index in [2.05, 4.69) is 22.3 Å². The van der Waals surface area contributed by atoms with Crippen LogP contribution in [0, 0.1) is 5.92 Å². The topological polar surface area (TPSA) is 41.6 Å². The van der Waals surface area contributed by atoms with Crippen molar-refractivity contribution in [3.05, 3.63) is 60.2 Å². The van der Waals surface area contributed by atoms with Crippen LogP contribution in [-0.4, -0.2) is 30.5 Å². The van der Waals surface area contributed by atoms with Crippen LogP contribution in [0.15, 0.2) is 54.6 Å². The largest absolute Gasteiger partial charge is 0.494 e. The molecule has 1 aliphatic heterocycles. The van der Waals surface area contributed by atoms with E-state index in [0.717, 1.165) is 43.9 Å². The van der Waals surface area contributed by atoms with Gasteiger partial charge >= 0.3 is 0 Å². The van der Waals surface area contributed by atoms with Crippen molar-refractivity contribution >= 4 is 11.6 Å². The monoisotopic (exact) mass is 338 g/mol. The van der Waals surface area contributed by atoms with Gasteiger partial charge in [-0.15, -0.1) is 0 Å². The first-order valence-corrected chi connectivity index (χ1v) is 9.05. The van der Waals surface area contributed by atoms with Gasteiger partial charge in [0.15, 0.2) is 0 Å². The lowest BCUT2D eigenvalue weighted by molar-refractivity contribution is -0.121. The van der Waals surface area contributed by atoms with Crippen molar-refractivity contribution in [2.45, 2.75) is 26.3 Å². The smallest absolute Gasteiger partial charge is 0.227 e. The summed E-state index contributed by atoms with van der Waals surface area (Å²) in [4.78, 5) is 14.8. The fraction of sp³-hybridized carbons (Fsp3) is 0.381. The van der Waals surface area contributed by atoms with E-state index in [4.69, 9.17) is 4.74 Å². The number of carbonyl (C=O) groups excluding carboxylic acids is 1. The van der Waals surface area contributed by atoms with E-state index in [1.807, 2.05) is 49.4 Å². The Morgan fingerprint density at radius 1 is 1.08 bits per heavy atom. The summed E-state index contributed by atoms with van der Waals surface area (Å²) >= 11 is 0. The van der Waals surface area contributed by atoms with Gasteiger partial charge in [-0.2, -0.15) is 0 Å². The maximum absolute atomic E-state index is 12.4. The lowest BCUT2D eigenvalue weighted by atomic mass is 9.95. The standard InChI is InChI=1S/C21H26N2O2/c1-2-25-20-11-7-6-8-18(20)16-23-14-12-17(13-15-23)21(24)22-19-9-4-3-5-10-19/h3-11,17H,2,12-16H2,1H3,(H,22,24). The Hall–Kier alpha value is -2.33. The van der Waals surface area contributed by atoms with Crippen LogP contribution in [0.2, 0.25) is 0 Å². The number of likely N-dealkylation sites (tertiary alicyclic amines) is 1. The summed E-state index contributed by atoms with van der Waals surface area (Å²) in [7, 11) is 0. The van der Waals surface area contributed by atoms with Gasteiger partial charge in [0.05, 0.1) is 6.61 Å². The Morgan fingerprint density at radius 2 is 1.76 bits per heavy atom. The van der Waals surface area contributed by atoms with Gasteiger partial charge in [-0.05, 0) is 51.1 Å². The highest BCUT2D eigenvalue weighted by Crippen LogP contribution is 2.24. The van der Waals surface area contributed by atoms with Gasteiger partial charge in [0, 0.05) is 23.7 Å². The summed E-state index contributed by atoms with van der Waals surface area (Å²) in [6, 6.07) is 17.9. The van der Waals surface area contributed by atoms with Crippen LogP contribution in [0.1, 0.15) is 25.3 Å². The van der Waals surface area contributed by atoms with Crippen LogP contribution < -0.4 is 10.1 Å². The summed E-state index contributed by atoms with van der Waals surface area (Å²) in [6.07, 6.45) is 1.80. The molecule has 0 radical (unpaired) electrons. The Bertz CT molecular complexity index is 679. The summed E-state index contributed by atoms with van der Waals surface area (Å²) < 4.78 is 5.71. The number of hydrogen-bond donors (Lipinski definition) is 1. The second-order valence-corrected chi connectivity index (χ2v) is 6.45. The zero-order valence-electron chi connectivity index (χ0n) is 14.8. The second kappa shape index (κ2) is 8.67. The number of ether oxygens (including phenoxy) is 1. The maximum Gasteiger partial charge on any atom is 0.227 e. The van der Waals surface area contributed by atoms with E-state index in [0.29, 0.717) is 6.61 Å². The molecule has 132 valence electrons. The average Bonchev–Trinajstić information content (AvgIpc) is 2.65. The van der Waals surface area contributed by atoms with Gasteiger partial charge in [-0.1, -0.05) is 36.4 Å². The highest BCUT2D eigenvalue weighted by Gasteiger charge is 2.25. The van der Waals surface area contributed by atoms with Gasteiger partial charge in [0.1, 0.15) is 5.75 Å². The average molecular weight is 338 g/mol. The fourth-order valence-corrected chi connectivity index (χ4v) is 3.29. The molecule has 3 rings (SSSR count). The Morgan fingerprint density at radius 3 is 2.48 bits per heavy atom.